The standard InChI is InChI=1S/C25H32F2N6O4S/c1-24(19-11-18(4-5-20(19)27)30-22(34)21-6-3-17(26)12-29-21)25(38(35,36)32(2)23(28)31-24)8-9-33(15-25)13-16-7-10-37-14-16/h3-6,12,16,19H,7-11,13-15H2,1-2H3,(H2,28,31)(H,30,34)/t16?,19?,24-,25-/m1/s1. The number of guanidine groups is 1. The molecule has 3 N–H and O–H groups in total. The lowest BCUT2D eigenvalue weighted by Crippen LogP contribution is -2.69. The number of sulfonamides is 1. The molecule has 2 unspecified atom stereocenters. The maximum Gasteiger partial charge on any atom is 0.274 e. The number of nitrogens with two attached hydrogens (primary N) is 1. The molecule has 0 radical (unpaired) electrons. The van der Waals surface area contributed by atoms with Crippen molar-refractivity contribution in [2.75, 3.05) is 39.9 Å². The molecule has 0 saturated carbocycles. The molecule has 1 spiro atoms. The molecule has 4 atom stereocenters. The lowest BCUT2D eigenvalue weighted by Gasteiger charge is -2.52. The number of aliphatic imine (C=N–C) groups is 1. The third-order valence-electron chi connectivity index (χ3n) is 8.41. The van der Waals surface area contributed by atoms with Gasteiger partial charge >= 0.3 is 0 Å². The van der Waals surface area contributed by atoms with Gasteiger partial charge in [0.15, 0.2) is 0 Å². The second-order valence-electron chi connectivity index (χ2n) is 10.6. The number of carbonyl (C=O) groups is 1. The van der Waals surface area contributed by atoms with Crippen LogP contribution in [0, 0.1) is 17.7 Å². The number of aromatic nitrogens is 1. The Balaban J connectivity index is 1.46. The average Bonchev–Trinajstić information content (AvgIpc) is 3.55. The quantitative estimate of drug-likeness (QED) is 0.569. The van der Waals surface area contributed by atoms with Crippen molar-refractivity contribution in [1.29, 1.82) is 0 Å². The van der Waals surface area contributed by atoms with Crippen LogP contribution in [0.3, 0.4) is 0 Å². The number of halogens is 2. The maximum absolute atomic E-state index is 15.6. The van der Waals surface area contributed by atoms with Crippen LogP contribution in [0.4, 0.5) is 8.78 Å². The fourth-order valence-corrected chi connectivity index (χ4v) is 8.36. The number of ether oxygens (including phenoxy) is 1. The first-order valence-corrected chi connectivity index (χ1v) is 14.0. The van der Waals surface area contributed by atoms with Crippen molar-refractivity contribution in [3.63, 3.8) is 0 Å². The molecule has 0 aromatic carbocycles. The van der Waals surface area contributed by atoms with Crippen LogP contribution in [-0.2, 0) is 14.8 Å². The van der Waals surface area contributed by atoms with E-state index in [0.29, 0.717) is 37.9 Å². The fraction of sp³-hybridized carbons (Fsp3) is 0.560. The van der Waals surface area contributed by atoms with E-state index in [9.17, 15) is 17.6 Å². The number of nitrogens with zero attached hydrogens (tertiary/aromatic N) is 4. The van der Waals surface area contributed by atoms with Gasteiger partial charge in [0.25, 0.3) is 5.91 Å². The molecule has 0 bridgehead atoms. The minimum Gasteiger partial charge on any atom is -0.381 e. The molecule has 206 valence electrons. The Labute approximate surface area is 220 Å². The molecule has 2 fully saturated rings. The van der Waals surface area contributed by atoms with E-state index in [0.717, 1.165) is 23.0 Å². The third-order valence-corrected chi connectivity index (χ3v) is 11.1. The molecule has 5 rings (SSSR count). The predicted molar refractivity (Wildman–Crippen MR) is 136 cm³/mol. The molecule has 10 nitrogen and oxygen atoms in total. The predicted octanol–water partition coefficient (Wildman–Crippen LogP) is 1.54. The summed E-state index contributed by atoms with van der Waals surface area (Å²) >= 11 is 0. The van der Waals surface area contributed by atoms with Crippen LogP contribution in [0.15, 0.2) is 47.0 Å². The number of hydrogen-bond acceptors (Lipinski definition) is 8. The summed E-state index contributed by atoms with van der Waals surface area (Å²) in [5.41, 5.74) is 5.01. The van der Waals surface area contributed by atoms with Crippen molar-refractivity contribution < 1.29 is 26.7 Å². The molecular formula is C25H32F2N6O4S. The van der Waals surface area contributed by atoms with Crippen molar-refractivity contribution in [2.45, 2.75) is 36.5 Å². The number of likely N-dealkylation sites (tertiary alicyclic amines) is 1. The second kappa shape index (κ2) is 9.69. The average molecular weight is 551 g/mol. The summed E-state index contributed by atoms with van der Waals surface area (Å²) in [6.07, 6.45) is 4.74. The van der Waals surface area contributed by atoms with Crippen LogP contribution < -0.4 is 11.1 Å². The van der Waals surface area contributed by atoms with E-state index < -0.39 is 43.8 Å². The summed E-state index contributed by atoms with van der Waals surface area (Å²) in [6.45, 7) is 4.35. The van der Waals surface area contributed by atoms with Crippen LogP contribution in [0.5, 0.6) is 0 Å². The van der Waals surface area contributed by atoms with E-state index in [-0.39, 0.29) is 31.0 Å². The highest BCUT2D eigenvalue weighted by atomic mass is 32.2. The summed E-state index contributed by atoms with van der Waals surface area (Å²) in [6, 6.07) is 2.37. The number of nitrogens with one attached hydrogen (secondary N) is 1. The van der Waals surface area contributed by atoms with Gasteiger partial charge in [-0.1, -0.05) is 0 Å². The van der Waals surface area contributed by atoms with Crippen LogP contribution in [-0.4, -0.2) is 84.7 Å². The SMILES string of the molecule is CN1C(N)=N[C@](C)(C2CC(NC(=O)c3ccc(F)cn3)=CC=C2F)[C@]2(CCN(CC3CCOC3)C2)S1(=O)=O. The van der Waals surface area contributed by atoms with Crippen molar-refractivity contribution in [3.8, 4) is 0 Å². The molecule has 4 heterocycles. The lowest BCUT2D eigenvalue weighted by molar-refractivity contribution is 0.0955. The molecule has 4 aliphatic rings. The Morgan fingerprint density at radius 1 is 1.32 bits per heavy atom. The third kappa shape index (κ3) is 4.30. The molecule has 1 aromatic rings. The number of amides is 1. The first-order chi connectivity index (χ1) is 18.0. The molecule has 1 amide bonds. The van der Waals surface area contributed by atoms with Gasteiger partial charge in [-0.05, 0) is 62.9 Å². The fourth-order valence-electron chi connectivity index (χ4n) is 6.14. The summed E-state index contributed by atoms with van der Waals surface area (Å²) < 4.78 is 61.9. The van der Waals surface area contributed by atoms with Gasteiger partial charge in [-0.25, -0.2) is 31.5 Å². The summed E-state index contributed by atoms with van der Waals surface area (Å²) in [5, 5.41) is 2.70. The van der Waals surface area contributed by atoms with E-state index in [2.05, 4.69) is 20.2 Å². The highest BCUT2D eigenvalue weighted by molar-refractivity contribution is 7.91. The molecule has 3 aliphatic heterocycles. The zero-order valence-corrected chi connectivity index (χ0v) is 22.2. The van der Waals surface area contributed by atoms with Crippen LogP contribution in [0.1, 0.15) is 36.7 Å². The summed E-state index contributed by atoms with van der Waals surface area (Å²) in [4.78, 5) is 23.3. The highest BCUT2D eigenvalue weighted by Crippen LogP contribution is 2.53. The van der Waals surface area contributed by atoms with Crippen molar-refractivity contribution in [3.05, 3.63) is 53.5 Å². The van der Waals surface area contributed by atoms with Crippen LogP contribution >= 0.6 is 0 Å². The van der Waals surface area contributed by atoms with E-state index in [1.54, 1.807) is 6.92 Å². The molecule has 2 saturated heterocycles. The summed E-state index contributed by atoms with van der Waals surface area (Å²) in [7, 11) is -2.65. The normalized spacial score (nSPS) is 33.2. The minimum atomic E-state index is -4.03. The zero-order chi connectivity index (χ0) is 27.3. The van der Waals surface area contributed by atoms with E-state index in [1.165, 1.54) is 25.3 Å². The Morgan fingerprint density at radius 3 is 2.79 bits per heavy atom. The monoisotopic (exact) mass is 550 g/mol. The number of allylic oxidation sites excluding steroid dienone is 3. The molecule has 1 aromatic heterocycles. The van der Waals surface area contributed by atoms with Gasteiger partial charge in [0, 0.05) is 38.4 Å². The maximum atomic E-state index is 15.6. The topological polar surface area (TPSA) is 130 Å². The lowest BCUT2D eigenvalue weighted by atomic mass is 9.70. The van der Waals surface area contributed by atoms with Crippen LogP contribution in [0.25, 0.3) is 0 Å². The van der Waals surface area contributed by atoms with E-state index in [4.69, 9.17) is 10.5 Å². The van der Waals surface area contributed by atoms with Gasteiger partial charge in [-0.3, -0.25) is 4.79 Å². The van der Waals surface area contributed by atoms with Crippen LogP contribution in [0.2, 0.25) is 0 Å². The Kier molecular flexibility index (Phi) is 6.81. The molecule has 1 aliphatic carbocycles. The Bertz CT molecular complexity index is 1310. The first-order valence-electron chi connectivity index (χ1n) is 12.6. The Morgan fingerprint density at radius 2 is 2.11 bits per heavy atom. The molecular weight excluding hydrogens is 518 g/mol. The van der Waals surface area contributed by atoms with Crippen molar-refractivity contribution >= 4 is 21.9 Å². The van der Waals surface area contributed by atoms with Gasteiger partial charge in [0.2, 0.25) is 16.0 Å². The summed E-state index contributed by atoms with van der Waals surface area (Å²) in [5.74, 6) is -2.60. The smallest absolute Gasteiger partial charge is 0.274 e. The zero-order valence-electron chi connectivity index (χ0n) is 21.4. The van der Waals surface area contributed by atoms with Gasteiger partial charge in [0.05, 0.1) is 18.3 Å². The second-order valence-corrected chi connectivity index (χ2v) is 12.9. The number of pyridine rings is 1. The largest absolute Gasteiger partial charge is 0.381 e. The number of hydrogen-bond donors (Lipinski definition) is 2. The molecule has 13 heteroatoms. The number of rotatable bonds is 5. The van der Waals surface area contributed by atoms with Gasteiger partial charge in [0.1, 0.15) is 22.1 Å². The van der Waals surface area contributed by atoms with Gasteiger partial charge in [-0.2, -0.15) is 0 Å². The number of carbonyl (C=O) groups excluding carboxylic acids is 1. The Hall–Kier alpha value is -2.90. The first kappa shape index (κ1) is 26.7. The minimum absolute atomic E-state index is 0.00646. The van der Waals surface area contributed by atoms with E-state index >= 15 is 4.39 Å². The van der Waals surface area contributed by atoms with E-state index in [1.807, 2.05) is 0 Å². The highest BCUT2D eigenvalue weighted by Gasteiger charge is 2.67. The van der Waals surface area contributed by atoms with Crippen molar-refractivity contribution in [2.24, 2.45) is 22.6 Å². The van der Waals surface area contributed by atoms with Gasteiger partial charge < -0.3 is 20.7 Å². The van der Waals surface area contributed by atoms with Crippen molar-refractivity contribution in [1.82, 2.24) is 19.5 Å². The molecule has 38 heavy (non-hydrogen) atoms. The van der Waals surface area contributed by atoms with Gasteiger partial charge in [-0.15, -0.1) is 0 Å².